The van der Waals surface area contributed by atoms with E-state index in [-0.39, 0.29) is 12.5 Å². The van der Waals surface area contributed by atoms with Crippen LogP contribution in [0.5, 0.6) is 0 Å². The molecule has 0 aliphatic heterocycles. The Hall–Kier alpha value is -2.62. The molecule has 3 rings (SSSR count). The van der Waals surface area contributed by atoms with Crippen LogP contribution in [0, 0.1) is 0 Å². The predicted octanol–water partition coefficient (Wildman–Crippen LogP) is 3.80. The van der Waals surface area contributed by atoms with E-state index in [0.29, 0.717) is 5.92 Å². The fraction of sp³-hybridized carbons (Fsp3) is 0.222. The van der Waals surface area contributed by atoms with Gasteiger partial charge in [0.2, 0.25) is 5.91 Å². The number of carbonyl (C=O) groups excluding carboxylic acids is 1. The van der Waals surface area contributed by atoms with Crippen LogP contribution in [0.15, 0.2) is 54.9 Å². The first-order chi connectivity index (χ1) is 10.6. The van der Waals surface area contributed by atoms with Crippen molar-refractivity contribution in [2.75, 3.05) is 5.32 Å². The highest BCUT2D eigenvalue weighted by Gasteiger charge is 2.08. The minimum atomic E-state index is -0.0518. The quantitative estimate of drug-likeness (QED) is 0.795. The molecular weight excluding hydrogens is 274 g/mol. The minimum Gasteiger partial charge on any atom is -0.325 e. The molecule has 4 nitrogen and oxygen atoms in total. The number of para-hydroxylation sites is 2. The van der Waals surface area contributed by atoms with Crippen molar-refractivity contribution in [2.24, 2.45) is 0 Å². The number of nitrogens with zero attached hydrogens (tertiary/aromatic N) is 2. The molecule has 0 aliphatic rings. The van der Waals surface area contributed by atoms with Crippen molar-refractivity contribution in [1.82, 2.24) is 9.55 Å². The van der Waals surface area contributed by atoms with Gasteiger partial charge in [0.05, 0.1) is 17.4 Å². The van der Waals surface area contributed by atoms with Gasteiger partial charge in [-0.1, -0.05) is 38.1 Å². The normalized spacial score (nSPS) is 11.0. The largest absolute Gasteiger partial charge is 0.325 e. The average molecular weight is 293 g/mol. The Labute approximate surface area is 129 Å². The maximum Gasteiger partial charge on any atom is 0.244 e. The van der Waals surface area contributed by atoms with Gasteiger partial charge in [-0.05, 0) is 35.7 Å². The summed E-state index contributed by atoms with van der Waals surface area (Å²) in [5.41, 5.74) is 3.91. The summed E-state index contributed by atoms with van der Waals surface area (Å²) in [6, 6.07) is 15.8. The van der Waals surface area contributed by atoms with E-state index < -0.39 is 0 Å². The van der Waals surface area contributed by atoms with Crippen molar-refractivity contribution in [3.63, 3.8) is 0 Å². The maximum atomic E-state index is 12.2. The molecule has 22 heavy (non-hydrogen) atoms. The van der Waals surface area contributed by atoms with Gasteiger partial charge in [-0.2, -0.15) is 0 Å². The lowest BCUT2D eigenvalue weighted by molar-refractivity contribution is -0.116. The van der Waals surface area contributed by atoms with Crippen LogP contribution < -0.4 is 5.32 Å². The summed E-state index contributed by atoms with van der Waals surface area (Å²) in [6.07, 6.45) is 1.70. The highest BCUT2D eigenvalue weighted by Crippen LogP contribution is 2.18. The molecule has 0 bridgehead atoms. The maximum absolute atomic E-state index is 12.2. The molecule has 1 heterocycles. The van der Waals surface area contributed by atoms with Crippen LogP contribution in [-0.2, 0) is 11.3 Å². The summed E-state index contributed by atoms with van der Waals surface area (Å²) in [6.45, 7) is 4.53. The highest BCUT2D eigenvalue weighted by atomic mass is 16.1. The van der Waals surface area contributed by atoms with Crippen LogP contribution in [0.4, 0.5) is 5.69 Å². The standard InChI is InChI=1S/C18H19N3O/c1-13(2)14-6-5-7-15(10-14)20-18(22)11-21-12-19-16-8-3-4-9-17(16)21/h3-10,12-13H,11H2,1-2H3,(H,20,22). The molecule has 0 saturated heterocycles. The molecule has 0 radical (unpaired) electrons. The lowest BCUT2D eigenvalue weighted by Crippen LogP contribution is -2.18. The van der Waals surface area contributed by atoms with Gasteiger partial charge >= 0.3 is 0 Å². The third-order valence-electron chi connectivity index (χ3n) is 3.68. The number of rotatable bonds is 4. The van der Waals surface area contributed by atoms with Crippen LogP contribution in [0.2, 0.25) is 0 Å². The van der Waals surface area contributed by atoms with E-state index in [0.717, 1.165) is 16.7 Å². The molecule has 0 aliphatic carbocycles. The first-order valence-electron chi connectivity index (χ1n) is 7.43. The molecule has 1 aromatic heterocycles. The molecule has 3 aromatic rings. The fourth-order valence-electron chi connectivity index (χ4n) is 2.47. The van der Waals surface area contributed by atoms with Gasteiger partial charge in [-0.15, -0.1) is 0 Å². The fourth-order valence-corrected chi connectivity index (χ4v) is 2.47. The zero-order chi connectivity index (χ0) is 15.5. The van der Waals surface area contributed by atoms with Crippen LogP contribution >= 0.6 is 0 Å². The third kappa shape index (κ3) is 3.01. The number of aromatic nitrogens is 2. The summed E-state index contributed by atoms with van der Waals surface area (Å²) in [5, 5.41) is 2.95. The number of fused-ring (bicyclic) bond motifs is 1. The second-order valence-corrected chi connectivity index (χ2v) is 5.69. The molecule has 0 saturated carbocycles. The van der Waals surface area contributed by atoms with E-state index in [1.165, 1.54) is 5.56 Å². The van der Waals surface area contributed by atoms with E-state index in [4.69, 9.17) is 0 Å². The number of hydrogen-bond acceptors (Lipinski definition) is 2. The zero-order valence-corrected chi connectivity index (χ0v) is 12.8. The summed E-state index contributed by atoms with van der Waals surface area (Å²) in [4.78, 5) is 16.5. The first-order valence-corrected chi connectivity index (χ1v) is 7.43. The Morgan fingerprint density at radius 3 is 2.82 bits per heavy atom. The van der Waals surface area contributed by atoms with E-state index >= 15 is 0 Å². The molecule has 2 aromatic carbocycles. The second-order valence-electron chi connectivity index (χ2n) is 5.69. The zero-order valence-electron chi connectivity index (χ0n) is 12.8. The molecule has 1 amide bonds. The number of anilines is 1. The number of hydrogen-bond donors (Lipinski definition) is 1. The monoisotopic (exact) mass is 293 g/mol. The topological polar surface area (TPSA) is 46.9 Å². The van der Waals surface area contributed by atoms with Crippen LogP contribution in [-0.4, -0.2) is 15.5 Å². The average Bonchev–Trinajstić information content (AvgIpc) is 2.91. The van der Waals surface area contributed by atoms with Crippen molar-refractivity contribution < 1.29 is 4.79 Å². The first kappa shape index (κ1) is 14.3. The summed E-state index contributed by atoms with van der Waals surface area (Å²) in [7, 11) is 0. The Balaban J connectivity index is 1.74. The van der Waals surface area contributed by atoms with E-state index in [1.54, 1.807) is 6.33 Å². The Morgan fingerprint density at radius 1 is 1.18 bits per heavy atom. The minimum absolute atomic E-state index is 0.0518. The molecule has 4 heteroatoms. The van der Waals surface area contributed by atoms with E-state index in [2.05, 4.69) is 30.2 Å². The highest BCUT2D eigenvalue weighted by molar-refractivity contribution is 5.91. The molecular formula is C18H19N3O. The SMILES string of the molecule is CC(C)c1cccc(NC(=O)Cn2cnc3ccccc32)c1. The van der Waals surface area contributed by atoms with E-state index in [9.17, 15) is 4.79 Å². The van der Waals surface area contributed by atoms with Gasteiger partial charge in [0, 0.05) is 5.69 Å². The van der Waals surface area contributed by atoms with Crippen LogP contribution in [0.1, 0.15) is 25.3 Å². The van der Waals surface area contributed by atoms with Crippen molar-refractivity contribution >= 4 is 22.6 Å². The van der Waals surface area contributed by atoms with Crippen molar-refractivity contribution in [1.29, 1.82) is 0 Å². The number of benzene rings is 2. The molecule has 0 atom stereocenters. The number of carbonyl (C=O) groups is 1. The summed E-state index contributed by atoms with van der Waals surface area (Å²) in [5.74, 6) is 0.388. The molecule has 112 valence electrons. The number of imidazole rings is 1. The lowest BCUT2D eigenvalue weighted by atomic mass is 10.0. The van der Waals surface area contributed by atoms with Gasteiger partial charge in [-0.3, -0.25) is 4.79 Å². The summed E-state index contributed by atoms with van der Waals surface area (Å²) < 4.78 is 1.86. The number of amides is 1. The third-order valence-corrected chi connectivity index (χ3v) is 3.68. The molecule has 1 N–H and O–H groups in total. The van der Waals surface area contributed by atoms with Gasteiger partial charge in [-0.25, -0.2) is 4.98 Å². The van der Waals surface area contributed by atoms with E-state index in [1.807, 2.05) is 47.0 Å². The van der Waals surface area contributed by atoms with Crippen molar-refractivity contribution in [3.8, 4) is 0 Å². The van der Waals surface area contributed by atoms with Gasteiger partial charge in [0.15, 0.2) is 0 Å². The van der Waals surface area contributed by atoms with Gasteiger partial charge < -0.3 is 9.88 Å². The number of nitrogens with one attached hydrogen (secondary N) is 1. The van der Waals surface area contributed by atoms with Crippen molar-refractivity contribution in [3.05, 3.63) is 60.4 Å². The predicted molar refractivity (Wildman–Crippen MR) is 88.9 cm³/mol. The van der Waals surface area contributed by atoms with Crippen molar-refractivity contribution in [2.45, 2.75) is 26.3 Å². The van der Waals surface area contributed by atoms with Gasteiger partial charge in [0.1, 0.15) is 6.54 Å². The Morgan fingerprint density at radius 2 is 2.00 bits per heavy atom. The van der Waals surface area contributed by atoms with Crippen LogP contribution in [0.3, 0.4) is 0 Å². The molecule has 0 spiro atoms. The second kappa shape index (κ2) is 6.02. The Bertz CT molecular complexity index is 805. The summed E-state index contributed by atoms with van der Waals surface area (Å²) >= 11 is 0. The molecule has 0 fully saturated rings. The molecule has 0 unspecified atom stereocenters. The van der Waals surface area contributed by atoms with Crippen LogP contribution in [0.25, 0.3) is 11.0 Å². The lowest BCUT2D eigenvalue weighted by Gasteiger charge is -2.10. The van der Waals surface area contributed by atoms with Gasteiger partial charge in [0.25, 0.3) is 0 Å². The Kier molecular flexibility index (Phi) is 3.92. The smallest absolute Gasteiger partial charge is 0.244 e.